The summed E-state index contributed by atoms with van der Waals surface area (Å²) in [5.74, 6) is -2.63. The number of rotatable bonds is 23. The van der Waals surface area contributed by atoms with Crippen LogP contribution < -0.4 is 55.5 Å². The Kier molecular flexibility index (Phi) is 28.1. The number of alkyl carbamates (subject to hydrolysis) is 2. The van der Waals surface area contributed by atoms with Crippen LogP contribution in [0.25, 0.3) is 22.5 Å². The number of carbonyl (C=O) groups excluding carboxylic acids is 4. The van der Waals surface area contributed by atoms with Gasteiger partial charge in [-0.15, -0.1) is 0 Å². The number of halogens is 2. The number of aromatic carboxylic acids is 1. The number of piperidine rings is 2. The van der Waals surface area contributed by atoms with Gasteiger partial charge in [-0.25, -0.2) is 28.3 Å². The topological polar surface area (TPSA) is 268 Å². The first kappa shape index (κ1) is 78.7. The number of carboxylic acids is 1. The Morgan fingerprint density at radius 2 is 1.02 bits per heavy atom. The average Bonchev–Trinajstić information content (AvgIpc) is 1.61. The molecule has 2 saturated heterocycles. The molecule has 5 N–H and O–H groups in total. The molecule has 0 saturated carbocycles. The summed E-state index contributed by atoms with van der Waals surface area (Å²) in [6.07, 6.45) is 12.8. The van der Waals surface area contributed by atoms with Gasteiger partial charge in [0, 0.05) is 104 Å². The molecule has 2 aliphatic heterocycles. The first-order valence-corrected chi connectivity index (χ1v) is 41.0. The molecular weight excluding hydrogens is 1310 g/mol. The molecule has 23 nitrogen and oxygen atoms in total. The van der Waals surface area contributed by atoms with Gasteiger partial charge in [0.05, 0.1) is 59.6 Å². The maximum Gasteiger partial charge on any atom is 1.00 e. The van der Waals surface area contributed by atoms with Crippen molar-refractivity contribution in [1.82, 2.24) is 49.3 Å². The van der Waals surface area contributed by atoms with Crippen molar-refractivity contribution in [3.05, 3.63) is 169 Å². The zero-order valence-electron chi connectivity index (χ0n) is 60.1. The monoisotopic (exact) mass is 1400 g/mol. The van der Waals surface area contributed by atoms with Gasteiger partial charge in [-0.1, -0.05) is 112 Å². The van der Waals surface area contributed by atoms with E-state index in [9.17, 15) is 28.7 Å². The van der Waals surface area contributed by atoms with Crippen LogP contribution in [0, 0.1) is 11.6 Å². The first-order valence-electron chi connectivity index (χ1n) is 33.6. The molecule has 2 fully saturated rings. The zero-order valence-corrected chi connectivity index (χ0v) is 62.1. The second kappa shape index (κ2) is 35.6. The molecule has 0 unspecified atom stereocenters. The van der Waals surface area contributed by atoms with Crippen LogP contribution in [-0.2, 0) is 45.5 Å². The van der Waals surface area contributed by atoms with Gasteiger partial charge in [0.15, 0.2) is 5.82 Å². The molecule has 2 aliphatic rings. The molecule has 10 rings (SSSR count). The number of nitrogens with two attached hydrogens (primary N) is 1. The maximum absolute atomic E-state index is 15.5. The summed E-state index contributed by atoms with van der Waals surface area (Å²) in [5.41, 5.74) is 11.0. The molecule has 532 valence electrons. The van der Waals surface area contributed by atoms with Gasteiger partial charge in [-0.3, -0.25) is 14.2 Å². The normalized spacial score (nSPS) is 14.9. The molecule has 3 amide bonds. The largest absolute Gasteiger partial charge is 1.00 e. The van der Waals surface area contributed by atoms with Crippen LogP contribution in [0.3, 0.4) is 0 Å². The predicted octanol–water partition coefficient (Wildman–Crippen LogP) is 9.37. The predicted molar refractivity (Wildman–Crippen MR) is 385 cm³/mol. The molecule has 8 aromatic rings. The Bertz CT molecular complexity index is 3940. The molecule has 2 atom stereocenters. The van der Waals surface area contributed by atoms with Crippen LogP contribution in [0.5, 0.6) is 0 Å². The van der Waals surface area contributed by atoms with Gasteiger partial charge < -0.3 is 69.5 Å². The maximum atomic E-state index is 15.5. The van der Waals surface area contributed by atoms with Gasteiger partial charge in [0.1, 0.15) is 42.3 Å². The SMILES string of the molecule is CC(C)(C)OC(=O)N[C@@H]1CCCN(c2c(F)cccc2NC(=O)c2nc(-c3cnn(Cc4ccccc4)c3)cn2COCC[Si](C)(C)C)C1.CC(C)(C)OC(=O)N[C@@H]1CCCN(c2c(N)cccc2F)C1.C[Si](C)(C)CCOCn1cc(-c2cnn(Cc3ccccc3)c2)nc1C(=O)[O-].[Li+]. The number of nitrogens with one attached hydrogen (secondary N) is 3. The number of anilines is 4. The standard InChI is InChI=1S/C36H48FN7O4Si.C20H26N4O3Si.C16H24FN3O2.Li/c1-36(2,3)48-35(46)39-28-14-11-17-42(23-28)32-29(37)15-10-16-30(32)41-34(45)33-40-31(24-43(33)25-47-18-19-49(4,5)6)27-20-38-44(22-27)21-26-12-8-7-9-13-26;1-28(2,3)10-9-27-15-23-14-18(22-19(23)20(25)26)17-11-21-24(13-17)12-16-7-5-4-6-8-16;1-16(2,3)22-15(21)19-11-6-5-9-20(10-11)14-12(17)7-4-8-13(14)18;/h7-10,12-13,15-16,20,22,24,28H,11,14,17-19,21,23,25H2,1-6H3,(H,39,46)(H,41,45);4-8,11,13-14H,9-10,12,15H2,1-3H3,(H,25,26);4,7-8,11H,5-6,9-10,18H2,1-3H3,(H,19,21);/q;;;+1/p-1/t28-;;11-;/m1.1./s1. The summed E-state index contributed by atoms with van der Waals surface area (Å²) in [6.45, 7) is 29.4. The fourth-order valence-corrected chi connectivity index (χ4v) is 12.5. The van der Waals surface area contributed by atoms with E-state index < -0.39 is 57.2 Å². The van der Waals surface area contributed by atoms with E-state index in [1.807, 2.05) is 108 Å². The summed E-state index contributed by atoms with van der Waals surface area (Å²) in [7, 11) is -2.52. The first-order chi connectivity index (χ1) is 46.8. The van der Waals surface area contributed by atoms with E-state index in [2.05, 4.69) is 70.4 Å². The molecule has 4 aromatic carbocycles. The quantitative estimate of drug-likeness (QED) is 0.0264. The van der Waals surface area contributed by atoms with Crippen molar-refractivity contribution in [3.8, 4) is 22.5 Å². The third-order valence-corrected chi connectivity index (χ3v) is 19.2. The van der Waals surface area contributed by atoms with Crippen molar-refractivity contribution in [1.29, 1.82) is 0 Å². The third kappa shape index (κ3) is 24.9. The second-order valence-corrected chi connectivity index (χ2v) is 40.5. The fraction of sp³-hybridized carbons (Fsp3) is 0.444. The van der Waals surface area contributed by atoms with E-state index >= 15 is 4.39 Å². The van der Waals surface area contributed by atoms with Crippen molar-refractivity contribution in [3.63, 3.8) is 0 Å². The molecule has 0 aliphatic carbocycles. The Morgan fingerprint density at radius 3 is 1.46 bits per heavy atom. The van der Waals surface area contributed by atoms with Crippen LogP contribution >= 0.6 is 0 Å². The number of para-hydroxylation sites is 2. The van der Waals surface area contributed by atoms with E-state index in [1.54, 1.807) is 79.1 Å². The number of carboxylic acid groups (broad SMARTS) is 1. The van der Waals surface area contributed by atoms with Crippen LogP contribution in [-0.4, -0.2) is 142 Å². The number of hydrogen-bond acceptors (Lipinski definition) is 16. The summed E-state index contributed by atoms with van der Waals surface area (Å²) in [5, 5.41) is 29.0. The third-order valence-electron chi connectivity index (χ3n) is 15.8. The Labute approximate surface area is 599 Å². The number of imidazole rings is 2. The van der Waals surface area contributed by atoms with E-state index in [0.717, 1.165) is 66.6 Å². The van der Waals surface area contributed by atoms with Gasteiger partial charge >= 0.3 is 31.0 Å². The number of nitrogens with zero attached hydrogens (tertiary/aromatic N) is 10. The van der Waals surface area contributed by atoms with E-state index in [4.69, 9.17) is 29.7 Å². The summed E-state index contributed by atoms with van der Waals surface area (Å²) < 4.78 is 58.7. The van der Waals surface area contributed by atoms with Gasteiger partial charge in [-0.2, -0.15) is 10.2 Å². The van der Waals surface area contributed by atoms with Gasteiger partial charge in [0.25, 0.3) is 5.91 Å². The molecule has 100 heavy (non-hydrogen) atoms. The molecule has 0 radical (unpaired) electrons. The van der Waals surface area contributed by atoms with Crippen LogP contribution in [0.4, 0.5) is 41.1 Å². The molecule has 0 bridgehead atoms. The number of hydrogen-bond donors (Lipinski definition) is 4. The van der Waals surface area contributed by atoms with Crippen molar-refractivity contribution >= 4 is 63.0 Å². The average molecular weight is 1400 g/mol. The Balaban J connectivity index is 0.000000232. The Hall–Kier alpha value is -8.59. The van der Waals surface area contributed by atoms with Gasteiger partial charge in [-0.05, 0) is 115 Å². The number of nitrogen functional groups attached to an aromatic ring is 1. The number of benzene rings is 4. The summed E-state index contributed by atoms with van der Waals surface area (Å²) in [6, 6.07) is 31.0. The van der Waals surface area contributed by atoms with Crippen LogP contribution in [0.1, 0.15) is 99.6 Å². The smallest absolute Gasteiger partial charge is 0.542 e. The second-order valence-electron chi connectivity index (χ2n) is 29.3. The molecule has 6 heterocycles. The molecule has 4 aromatic heterocycles. The van der Waals surface area contributed by atoms with Crippen molar-refractivity contribution in [2.24, 2.45) is 0 Å². The van der Waals surface area contributed by atoms with Crippen molar-refractivity contribution < 1.29 is 70.9 Å². The van der Waals surface area contributed by atoms with E-state index in [-0.39, 0.29) is 67.6 Å². The summed E-state index contributed by atoms with van der Waals surface area (Å²) >= 11 is 0. The van der Waals surface area contributed by atoms with Gasteiger partial charge in [0.2, 0.25) is 5.82 Å². The molecule has 0 spiro atoms. The van der Waals surface area contributed by atoms with E-state index in [0.29, 0.717) is 74.4 Å². The summed E-state index contributed by atoms with van der Waals surface area (Å²) in [4.78, 5) is 62.4. The Morgan fingerprint density at radius 1 is 0.590 bits per heavy atom. The number of aromatic nitrogens is 8. The minimum Gasteiger partial charge on any atom is -0.542 e. The molecular formula is C72H97F2LiN14O9Si2. The number of carbonyl (C=O) groups is 4. The molecule has 28 heteroatoms. The van der Waals surface area contributed by atoms with Crippen molar-refractivity contribution in [2.75, 3.05) is 60.2 Å². The number of amides is 3. The number of ether oxygens (including phenoxy) is 4. The van der Waals surface area contributed by atoms with Crippen LogP contribution in [0.2, 0.25) is 51.4 Å². The fourth-order valence-electron chi connectivity index (χ4n) is 11.0. The van der Waals surface area contributed by atoms with E-state index in [1.165, 1.54) is 16.7 Å². The minimum absolute atomic E-state index is 0. The van der Waals surface area contributed by atoms with Crippen LogP contribution in [0.15, 0.2) is 134 Å². The zero-order chi connectivity index (χ0) is 71.7. The van der Waals surface area contributed by atoms with Crippen molar-refractivity contribution in [2.45, 2.75) is 168 Å². The minimum atomic E-state index is -1.32.